The number of anilines is 1. The first-order valence-corrected chi connectivity index (χ1v) is 11.1. The lowest BCUT2D eigenvalue weighted by atomic mass is 10.1. The minimum atomic E-state index is -4.41. The Kier molecular flexibility index (Phi) is 6.02. The van der Waals surface area contributed by atoms with Crippen LogP contribution >= 0.6 is 0 Å². The fourth-order valence-corrected chi connectivity index (χ4v) is 3.97. The van der Waals surface area contributed by atoms with Crippen molar-refractivity contribution in [3.8, 4) is 5.75 Å². The van der Waals surface area contributed by atoms with Gasteiger partial charge in [-0.25, -0.2) is 9.97 Å². The van der Waals surface area contributed by atoms with E-state index in [0.29, 0.717) is 49.9 Å². The van der Waals surface area contributed by atoms with E-state index in [-0.39, 0.29) is 5.91 Å². The second kappa shape index (κ2) is 9.28. The number of hydrogen-bond acceptors (Lipinski definition) is 5. The van der Waals surface area contributed by atoms with Crippen LogP contribution in [0.15, 0.2) is 73.2 Å². The van der Waals surface area contributed by atoms with Crippen LogP contribution in [0.1, 0.15) is 21.6 Å². The molecule has 0 spiro atoms. The van der Waals surface area contributed by atoms with E-state index in [1.807, 2.05) is 39.9 Å². The maximum absolute atomic E-state index is 12.9. The lowest BCUT2D eigenvalue weighted by Crippen LogP contribution is -2.49. The molecule has 4 aromatic rings. The average Bonchev–Trinajstić information content (AvgIpc) is 3.30. The smallest absolute Gasteiger partial charge is 0.417 e. The fourth-order valence-electron chi connectivity index (χ4n) is 3.97. The lowest BCUT2D eigenvalue weighted by molar-refractivity contribution is -0.137. The molecule has 35 heavy (non-hydrogen) atoms. The van der Waals surface area contributed by atoms with Crippen LogP contribution in [0.2, 0.25) is 0 Å². The molecule has 0 radical (unpaired) electrons. The summed E-state index contributed by atoms with van der Waals surface area (Å²) in [5.41, 5.74) is 1.42. The zero-order chi connectivity index (χ0) is 24.4. The molecule has 1 aliphatic heterocycles. The minimum absolute atomic E-state index is 0.100. The summed E-state index contributed by atoms with van der Waals surface area (Å²) >= 11 is 0. The van der Waals surface area contributed by atoms with Gasteiger partial charge in [0.1, 0.15) is 23.8 Å². The van der Waals surface area contributed by atoms with Crippen LogP contribution < -0.4 is 9.64 Å². The molecule has 7 nitrogen and oxygen atoms in total. The number of hydrogen-bond donors (Lipinski definition) is 0. The zero-order valence-electron chi connectivity index (χ0n) is 18.7. The largest absolute Gasteiger partial charge is 0.487 e. The van der Waals surface area contributed by atoms with Crippen molar-refractivity contribution in [1.29, 1.82) is 0 Å². The molecule has 0 unspecified atom stereocenters. The summed E-state index contributed by atoms with van der Waals surface area (Å²) in [6.07, 6.45) is 0.260. The number of fused-ring (bicyclic) bond motifs is 1. The van der Waals surface area contributed by atoms with E-state index in [4.69, 9.17) is 4.74 Å². The molecule has 1 fully saturated rings. The monoisotopic (exact) mass is 481 g/mol. The molecule has 1 saturated heterocycles. The van der Waals surface area contributed by atoms with E-state index < -0.39 is 11.7 Å². The molecule has 1 aliphatic rings. The minimum Gasteiger partial charge on any atom is -0.487 e. The Labute approximate surface area is 199 Å². The van der Waals surface area contributed by atoms with Crippen LogP contribution in [0.5, 0.6) is 5.75 Å². The van der Waals surface area contributed by atoms with Gasteiger partial charge in [-0.15, -0.1) is 0 Å². The Morgan fingerprint density at radius 1 is 0.971 bits per heavy atom. The molecule has 0 atom stereocenters. The molecule has 5 rings (SSSR count). The highest BCUT2D eigenvalue weighted by Gasteiger charge is 2.31. The van der Waals surface area contributed by atoms with E-state index in [0.717, 1.165) is 23.6 Å². The number of pyridine rings is 2. The standard InChI is InChI=1S/C25H22F3N5O2/c26-25(27,28)19-6-9-22(29-15-19)31-11-13-32(14-12-31)24(34)18-4-7-21(8-5-18)35-17-20-16-33-10-2-1-3-23(33)30-20/h1-10,15-16H,11-14,17H2. The molecule has 1 amide bonds. The second-order valence-corrected chi connectivity index (χ2v) is 8.19. The molecular weight excluding hydrogens is 459 g/mol. The maximum Gasteiger partial charge on any atom is 0.417 e. The van der Waals surface area contributed by atoms with Crippen molar-refractivity contribution in [3.63, 3.8) is 0 Å². The van der Waals surface area contributed by atoms with Crippen LogP contribution in [0.25, 0.3) is 5.65 Å². The molecule has 10 heteroatoms. The highest BCUT2D eigenvalue weighted by atomic mass is 19.4. The van der Waals surface area contributed by atoms with Crippen molar-refractivity contribution in [2.24, 2.45) is 0 Å². The summed E-state index contributed by atoms with van der Waals surface area (Å²) in [4.78, 5) is 24.9. The Bertz CT molecular complexity index is 1280. The SMILES string of the molecule is O=C(c1ccc(OCc2cn3ccccc3n2)cc1)N1CCN(c2ccc(C(F)(F)F)cn2)CC1. The van der Waals surface area contributed by atoms with Crippen LogP contribution in [-0.2, 0) is 12.8 Å². The van der Waals surface area contributed by atoms with Crippen molar-refractivity contribution >= 4 is 17.4 Å². The van der Waals surface area contributed by atoms with Gasteiger partial charge in [0.2, 0.25) is 0 Å². The Morgan fingerprint density at radius 2 is 1.74 bits per heavy atom. The molecule has 4 heterocycles. The van der Waals surface area contributed by atoms with Crippen molar-refractivity contribution in [2.75, 3.05) is 31.1 Å². The predicted octanol–water partition coefficient (Wildman–Crippen LogP) is 4.29. The van der Waals surface area contributed by atoms with Crippen LogP contribution in [0.3, 0.4) is 0 Å². The van der Waals surface area contributed by atoms with E-state index in [1.165, 1.54) is 6.07 Å². The van der Waals surface area contributed by atoms with E-state index >= 15 is 0 Å². The number of amides is 1. The summed E-state index contributed by atoms with van der Waals surface area (Å²) < 4.78 is 46.0. The predicted molar refractivity (Wildman–Crippen MR) is 123 cm³/mol. The van der Waals surface area contributed by atoms with E-state index in [2.05, 4.69) is 9.97 Å². The number of rotatable bonds is 5. The highest BCUT2D eigenvalue weighted by Crippen LogP contribution is 2.29. The van der Waals surface area contributed by atoms with Gasteiger partial charge in [-0.3, -0.25) is 4.79 Å². The summed E-state index contributed by atoms with van der Waals surface area (Å²) in [7, 11) is 0. The molecule has 0 bridgehead atoms. The number of nitrogens with zero attached hydrogens (tertiary/aromatic N) is 5. The topological polar surface area (TPSA) is 63.0 Å². The second-order valence-electron chi connectivity index (χ2n) is 8.19. The quantitative estimate of drug-likeness (QED) is 0.426. The average molecular weight is 481 g/mol. The van der Waals surface area contributed by atoms with Crippen molar-refractivity contribution in [1.82, 2.24) is 19.3 Å². The summed E-state index contributed by atoms with van der Waals surface area (Å²) in [6.45, 7) is 2.20. The number of alkyl halides is 3. The number of piperazine rings is 1. The van der Waals surface area contributed by atoms with Gasteiger partial charge in [-0.1, -0.05) is 6.07 Å². The fraction of sp³-hybridized carbons (Fsp3) is 0.240. The van der Waals surface area contributed by atoms with Gasteiger partial charge in [-0.05, 0) is 48.5 Å². The first-order chi connectivity index (χ1) is 16.9. The highest BCUT2D eigenvalue weighted by molar-refractivity contribution is 5.94. The third-order valence-corrected chi connectivity index (χ3v) is 5.87. The van der Waals surface area contributed by atoms with Crippen LogP contribution in [-0.4, -0.2) is 51.4 Å². The third kappa shape index (κ3) is 5.06. The number of aromatic nitrogens is 3. The molecule has 1 aromatic carbocycles. The Morgan fingerprint density at radius 3 is 2.40 bits per heavy atom. The van der Waals surface area contributed by atoms with Gasteiger partial charge in [-0.2, -0.15) is 13.2 Å². The third-order valence-electron chi connectivity index (χ3n) is 5.87. The number of imidazole rings is 1. The molecule has 0 saturated carbocycles. The maximum atomic E-state index is 12.9. The van der Waals surface area contributed by atoms with Gasteiger partial charge in [0.25, 0.3) is 5.91 Å². The normalized spacial score (nSPS) is 14.4. The summed E-state index contributed by atoms with van der Waals surface area (Å²) in [5, 5.41) is 0. The van der Waals surface area contributed by atoms with Crippen LogP contribution in [0, 0.1) is 0 Å². The van der Waals surface area contributed by atoms with Gasteiger partial charge in [0, 0.05) is 50.3 Å². The van der Waals surface area contributed by atoms with E-state index in [1.54, 1.807) is 29.2 Å². The number of carbonyl (C=O) groups is 1. The van der Waals surface area contributed by atoms with Crippen molar-refractivity contribution < 1.29 is 22.7 Å². The number of benzene rings is 1. The first-order valence-electron chi connectivity index (χ1n) is 11.1. The van der Waals surface area contributed by atoms with Crippen molar-refractivity contribution in [2.45, 2.75) is 12.8 Å². The van der Waals surface area contributed by atoms with E-state index in [9.17, 15) is 18.0 Å². The first kappa shape index (κ1) is 22.7. The Balaban J connectivity index is 1.14. The van der Waals surface area contributed by atoms with Gasteiger partial charge in [0.05, 0.1) is 11.3 Å². The molecule has 0 N–H and O–H groups in total. The van der Waals surface area contributed by atoms with Crippen LogP contribution in [0.4, 0.5) is 19.0 Å². The summed E-state index contributed by atoms with van der Waals surface area (Å²) in [5.74, 6) is 1.01. The number of ether oxygens (including phenoxy) is 1. The molecule has 3 aromatic heterocycles. The molecule has 0 aliphatic carbocycles. The van der Waals surface area contributed by atoms with Gasteiger partial charge in [0.15, 0.2) is 0 Å². The summed E-state index contributed by atoms with van der Waals surface area (Å²) in [6, 6.07) is 15.1. The molecule has 180 valence electrons. The number of halogens is 3. The number of carbonyl (C=O) groups excluding carboxylic acids is 1. The van der Waals surface area contributed by atoms with Gasteiger partial charge < -0.3 is 18.9 Å². The lowest BCUT2D eigenvalue weighted by Gasteiger charge is -2.35. The Hall–Kier alpha value is -4.08. The van der Waals surface area contributed by atoms with Gasteiger partial charge >= 0.3 is 6.18 Å². The van der Waals surface area contributed by atoms with Crippen molar-refractivity contribution in [3.05, 3.63) is 90.0 Å². The molecular formula is C25H22F3N5O2. The zero-order valence-corrected chi connectivity index (χ0v) is 18.7.